The van der Waals surface area contributed by atoms with E-state index in [0.29, 0.717) is 6.54 Å². The maximum Gasteiger partial charge on any atom is 0.243 e. The fourth-order valence-corrected chi connectivity index (χ4v) is 1.10. The molecule has 5 nitrogen and oxygen atoms in total. The second-order valence-electron chi connectivity index (χ2n) is 3.60. The Bertz CT molecular complexity index is 354. The first-order valence-corrected chi connectivity index (χ1v) is 4.91. The zero-order valence-electron chi connectivity index (χ0n) is 9.27. The minimum atomic E-state index is -0.0734. The molecule has 0 atom stereocenters. The van der Waals surface area contributed by atoms with E-state index in [0.717, 1.165) is 5.82 Å². The molecule has 0 aliphatic rings. The highest BCUT2D eigenvalue weighted by Crippen LogP contribution is 1.92. The molecular weight excluding hydrogens is 192 g/mol. The third-order valence-corrected chi connectivity index (χ3v) is 1.81. The van der Waals surface area contributed by atoms with Crippen LogP contribution in [-0.4, -0.2) is 26.7 Å². The summed E-state index contributed by atoms with van der Waals surface area (Å²) in [5, 5.41) is 10.4. The zero-order chi connectivity index (χ0) is 11.3. The minimum Gasteiger partial charge on any atom is -0.350 e. The van der Waals surface area contributed by atoms with Crippen molar-refractivity contribution in [3.05, 3.63) is 24.3 Å². The maximum atomic E-state index is 11.2. The summed E-state index contributed by atoms with van der Waals surface area (Å²) in [6.45, 7) is 6.34. The molecule has 1 aromatic heterocycles. The van der Waals surface area contributed by atoms with Gasteiger partial charge < -0.3 is 9.88 Å². The van der Waals surface area contributed by atoms with Crippen LogP contribution in [0.25, 0.3) is 0 Å². The fraction of sp³-hybridized carbons (Fsp3) is 0.500. The number of aromatic nitrogens is 3. The quantitative estimate of drug-likeness (QED) is 0.740. The smallest absolute Gasteiger partial charge is 0.243 e. The normalized spacial score (nSPS) is 11.2. The number of nitrogens with zero attached hydrogens (tertiary/aromatic N) is 3. The Kier molecular flexibility index (Phi) is 4.03. The summed E-state index contributed by atoms with van der Waals surface area (Å²) in [6, 6.07) is 0.166. The van der Waals surface area contributed by atoms with Gasteiger partial charge in [-0.15, -0.1) is 10.2 Å². The molecule has 1 aromatic rings. The van der Waals surface area contributed by atoms with Crippen molar-refractivity contribution in [1.82, 2.24) is 20.1 Å². The van der Waals surface area contributed by atoms with Gasteiger partial charge in [0.1, 0.15) is 12.2 Å². The van der Waals surface area contributed by atoms with Gasteiger partial charge in [0.2, 0.25) is 5.91 Å². The molecule has 15 heavy (non-hydrogen) atoms. The summed E-state index contributed by atoms with van der Waals surface area (Å²) in [5.74, 6) is 0.764. The van der Waals surface area contributed by atoms with Gasteiger partial charge >= 0.3 is 0 Å². The first kappa shape index (κ1) is 11.4. The van der Waals surface area contributed by atoms with Crippen LogP contribution < -0.4 is 5.32 Å². The van der Waals surface area contributed by atoms with Gasteiger partial charge in [-0.05, 0) is 20.8 Å². The molecule has 0 spiro atoms. The van der Waals surface area contributed by atoms with Gasteiger partial charge in [-0.3, -0.25) is 4.79 Å². The minimum absolute atomic E-state index is 0.0734. The Balaban J connectivity index is 2.40. The number of hydrogen-bond donors (Lipinski definition) is 1. The van der Waals surface area contributed by atoms with Crippen LogP contribution in [0.15, 0.2) is 18.5 Å². The van der Waals surface area contributed by atoms with Gasteiger partial charge in [0.15, 0.2) is 0 Å². The third kappa shape index (κ3) is 3.93. The van der Waals surface area contributed by atoms with Crippen molar-refractivity contribution in [3.8, 4) is 0 Å². The molecule has 1 rings (SSSR count). The second kappa shape index (κ2) is 5.29. The lowest BCUT2D eigenvalue weighted by molar-refractivity contribution is -0.116. The zero-order valence-corrected chi connectivity index (χ0v) is 9.27. The number of carbonyl (C=O) groups is 1. The summed E-state index contributed by atoms with van der Waals surface area (Å²) >= 11 is 0. The Morgan fingerprint density at radius 2 is 2.40 bits per heavy atom. The monoisotopic (exact) mass is 208 g/mol. The van der Waals surface area contributed by atoms with Crippen molar-refractivity contribution in [2.24, 2.45) is 0 Å². The van der Waals surface area contributed by atoms with Crippen LogP contribution in [0.3, 0.4) is 0 Å². The van der Waals surface area contributed by atoms with E-state index in [4.69, 9.17) is 0 Å². The van der Waals surface area contributed by atoms with Crippen molar-refractivity contribution in [3.63, 3.8) is 0 Å². The Hall–Kier alpha value is -1.65. The molecule has 0 saturated carbocycles. The molecule has 0 unspecified atom stereocenters. The average molecular weight is 208 g/mol. The van der Waals surface area contributed by atoms with Crippen LogP contribution in [-0.2, 0) is 11.3 Å². The highest BCUT2D eigenvalue weighted by Gasteiger charge is 1.98. The molecule has 1 heterocycles. The topological polar surface area (TPSA) is 59.8 Å². The van der Waals surface area contributed by atoms with Gasteiger partial charge in [0, 0.05) is 18.7 Å². The van der Waals surface area contributed by atoms with Crippen LogP contribution in [0, 0.1) is 6.92 Å². The number of rotatable bonds is 4. The van der Waals surface area contributed by atoms with Gasteiger partial charge in [-0.2, -0.15) is 0 Å². The fourth-order valence-electron chi connectivity index (χ4n) is 1.10. The second-order valence-corrected chi connectivity index (χ2v) is 3.60. The van der Waals surface area contributed by atoms with Crippen molar-refractivity contribution < 1.29 is 4.79 Å². The van der Waals surface area contributed by atoms with Crippen LogP contribution in [0.5, 0.6) is 0 Å². The molecule has 0 aromatic carbocycles. The van der Waals surface area contributed by atoms with Crippen molar-refractivity contribution in [2.45, 2.75) is 33.4 Å². The summed E-state index contributed by atoms with van der Waals surface area (Å²) in [7, 11) is 0. The standard InChI is InChI=1S/C10H16N4O/c1-8(2)12-10(15)5-4-6-14-7-11-13-9(14)3/h4-5,7-8H,6H2,1-3H3,(H,12,15)/b5-4+. The summed E-state index contributed by atoms with van der Waals surface area (Å²) in [6.07, 6.45) is 4.95. The van der Waals surface area contributed by atoms with E-state index in [-0.39, 0.29) is 11.9 Å². The van der Waals surface area contributed by atoms with E-state index < -0.39 is 0 Å². The number of allylic oxidation sites excluding steroid dienone is 1. The molecule has 0 aliphatic heterocycles. The lowest BCUT2D eigenvalue weighted by Crippen LogP contribution is -2.28. The molecule has 0 radical (unpaired) electrons. The van der Waals surface area contributed by atoms with Crippen molar-refractivity contribution in [1.29, 1.82) is 0 Å². The number of hydrogen-bond acceptors (Lipinski definition) is 3. The molecule has 1 N–H and O–H groups in total. The van der Waals surface area contributed by atoms with E-state index in [1.807, 2.05) is 25.3 Å². The Morgan fingerprint density at radius 3 is 2.93 bits per heavy atom. The highest BCUT2D eigenvalue weighted by atomic mass is 16.1. The molecule has 82 valence electrons. The molecule has 0 fully saturated rings. The van der Waals surface area contributed by atoms with Crippen LogP contribution >= 0.6 is 0 Å². The first-order chi connectivity index (χ1) is 7.09. The largest absolute Gasteiger partial charge is 0.350 e. The van der Waals surface area contributed by atoms with Gasteiger partial charge in [0.05, 0.1) is 0 Å². The lowest BCUT2D eigenvalue weighted by atomic mass is 10.3. The van der Waals surface area contributed by atoms with Crippen LogP contribution in [0.4, 0.5) is 0 Å². The summed E-state index contributed by atoms with van der Waals surface area (Å²) in [5.41, 5.74) is 0. The van der Waals surface area contributed by atoms with E-state index >= 15 is 0 Å². The average Bonchev–Trinajstić information content (AvgIpc) is 2.50. The van der Waals surface area contributed by atoms with Crippen LogP contribution in [0.2, 0.25) is 0 Å². The van der Waals surface area contributed by atoms with E-state index in [1.54, 1.807) is 12.4 Å². The number of aryl methyl sites for hydroxylation is 1. The SMILES string of the molecule is Cc1nncn1C/C=C/C(=O)NC(C)C. The van der Waals surface area contributed by atoms with Crippen molar-refractivity contribution in [2.75, 3.05) is 0 Å². The van der Waals surface area contributed by atoms with Crippen molar-refractivity contribution >= 4 is 5.91 Å². The number of carbonyl (C=O) groups excluding carboxylic acids is 1. The summed E-state index contributed by atoms with van der Waals surface area (Å²) in [4.78, 5) is 11.2. The molecule has 0 saturated heterocycles. The van der Waals surface area contributed by atoms with E-state index in [2.05, 4.69) is 15.5 Å². The lowest BCUT2D eigenvalue weighted by Gasteiger charge is -2.04. The predicted octanol–water partition coefficient (Wildman–Crippen LogP) is 0.667. The third-order valence-electron chi connectivity index (χ3n) is 1.81. The molecular formula is C10H16N4O. The summed E-state index contributed by atoms with van der Waals surface area (Å²) < 4.78 is 1.86. The van der Waals surface area contributed by atoms with Gasteiger partial charge in [-0.1, -0.05) is 6.08 Å². The Labute approximate surface area is 89.2 Å². The molecule has 0 bridgehead atoms. The number of nitrogens with one attached hydrogen (secondary N) is 1. The Morgan fingerprint density at radius 1 is 1.67 bits per heavy atom. The van der Waals surface area contributed by atoms with Gasteiger partial charge in [0.25, 0.3) is 0 Å². The molecule has 5 heteroatoms. The predicted molar refractivity (Wildman–Crippen MR) is 57.2 cm³/mol. The number of amides is 1. The van der Waals surface area contributed by atoms with Crippen LogP contribution in [0.1, 0.15) is 19.7 Å². The highest BCUT2D eigenvalue weighted by molar-refractivity contribution is 5.87. The maximum absolute atomic E-state index is 11.2. The van der Waals surface area contributed by atoms with Gasteiger partial charge in [-0.25, -0.2) is 0 Å². The van der Waals surface area contributed by atoms with E-state index in [1.165, 1.54) is 6.08 Å². The van der Waals surface area contributed by atoms with E-state index in [9.17, 15) is 4.79 Å². The first-order valence-electron chi connectivity index (χ1n) is 4.91. The molecule has 1 amide bonds. The molecule has 0 aliphatic carbocycles.